The fraction of sp³-hybridized carbons (Fsp3) is 0.786. The number of ether oxygens (including phenoxy) is 4. The van der Waals surface area contributed by atoms with Crippen molar-refractivity contribution in [3.05, 3.63) is 47.3 Å². The number of allylic oxidation sites excluding steroid dienone is 4. The van der Waals surface area contributed by atoms with Crippen LogP contribution in [0.3, 0.4) is 0 Å². The third-order valence-electron chi connectivity index (χ3n) is 15.8. The Labute approximate surface area is 457 Å². The van der Waals surface area contributed by atoms with E-state index in [-0.39, 0.29) is 92.6 Å². The summed E-state index contributed by atoms with van der Waals surface area (Å²) in [4.78, 5) is 51.4. The maximum absolute atomic E-state index is 10.5. The van der Waals surface area contributed by atoms with E-state index < -0.39 is 23.9 Å². The molecule has 0 unspecified atom stereocenters. The van der Waals surface area contributed by atoms with Gasteiger partial charge in [-0.15, -0.1) is 0 Å². The maximum atomic E-state index is 10.5. The summed E-state index contributed by atoms with van der Waals surface area (Å²) in [5.74, 6) is -3.18. The number of piperidine rings is 4. The summed E-state index contributed by atoms with van der Waals surface area (Å²) < 4.78 is 22.9. The van der Waals surface area contributed by atoms with Gasteiger partial charge in [0.1, 0.15) is 24.4 Å². The minimum Gasteiger partial charge on any atom is -0.545 e. The first-order valence-corrected chi connectivity index (χ1v) is 25.4. The average molecular weight is 1140 g/mol. The largest absolute Gasteiger partial charge is 4.00 e. The fourth-order valence-electron chi connectivity index (χ4n) is 11.3. The van der Waals surface area contributed by atoms with Crippen LogP contribution in [0.1, 0.15) is 190 Å². The van der Waals surface area contributed by atoms with Gasteiger partial charge in [0.25, 0.3) is 0 Å². The molecular formula is C56H96N4O12Sn. The molecule has 0 aliphatic carbocycles. The van der Waals surface area contributed by atoms with Crippen LogP contribution in [0.2, 0.25) is 0 Å². The van der Waals surface area contributed by atoms with Gasteiger partial charge in [-0.1, -0.05) is 0 Å². The van der Waals surface area contributed by atoms with Gasteiger partial charge in [0.05, 0.1) is 46.9 Å². The second kappa shape index (κ2) is 26.6. The van der Waals surface area contributed by atoms with Crippen molar-refractivity contribution >= 4 is 47.8 Å². The Kier molecular flexibility index (Phi) is 25.4. The number of carbonyl (C=O) groups excluding carboxylic acids is 4. The molecule has 0 radical (unpaired) electrons. The number of nitrogens with zero attached hydrogens (tertiary/aromatic N) is 4. The van der Waals surface area contributed by atoms with E-state index in [0.29, 0.717) is 23.0 Å². The molecule has 4 saturated heterocycles. The van der Waals surface area contributed by atoms with Crippen molar-refractivity contribution in [2.75, 3.05) is 28.2 Å². The number of carboxylic acids is 4. The number of carbonyl (C=O) groups is 4. The number of aliphatic carboxylic acids is 4. The van der Waals surface area contributed by atoms with Crippen LogP contribution in [-0.2, 0) is 38.1 Å². The molecule has 416 valence electrons. The predicted molar refractivity (Wildman–Crippen MR) is 281 cm³/mol. The molecule has 4 rings (SSSR count). The molecule has 17 heteroatoms. The van der Waals surface area contributed by atoms with Crippen LogP contribution in [0, 0.1) is 0 Å². The molecule has 16 nitrogen and oxygen atoms in total. The Hall–Kier alpha value is -3.32. The second-order valence-corrected chi connectivity index (χ2v) is 25.6. The Morgan fingerprint density at radius 3 is 0.534 bits per heavy atom. The summed E-state index contributed by atoms with van der Waals surface area (Å²) >= 11 is 0. The van der Waals surface area contributed by atoms with Gasteiger partial charge in [-0.25, -0.2) is 0 Å². The molecule has 0 atom stereocenters. The van der Waals surface area contributed by atoms with Crippen molar-refractivity contribution in [1.82, 2.24) is 19.6 Å². The molecule has 0 amide bonds. The Morgan fingerprint density at radius 1 is 0.329 bits per heavy atom. The third kappa shape index (κ3) is 22.4. The van der Waals surface area contributed by atoms with E-state index in [9.17, 15) is 39.6 Å². The number of carboxylic acid groups (broad SMARTS) is 4. The van der Waals surface area contributed by atoms with Gasteiger partial charge in [-0.3, -0.25) is 19.6 Å². The van der Waals surface area contributed by atoms with Crippen LogP contribution in [-0.4, -0.2) is 164 Å². The summed E-state index contributed by atoms with van der Waals surface area (Å²) in [6.07, 6.45) is 11.3. The SMILES string of the molecule is C/C(=C/C(=O)[O-])OC1CC(C)(C)N(C)C(C)(C)C1.C/C(=C/C(=O)[O-])OC1CC(C)(C)N(C)C(C)(C)C1.C/C(=C/C(=O)[O-])OC1CC(C)(C)N(C)C(C)(C)C1.C/C(=C/C(=O)[O-])OC1CC(C)(C)N(C)C(C)(C)C1.[Sn+4]. The third-order valence-corrected chi connectivity index (χ3v) is 15.8. The van der Waals surface area contributed by atoms with E-state index in [1.165, 1.54) is 0 Å². The Bertz CT molecular complexity index is 1650. The van der Waals surface area contributed by atoms with Gasteiger partial charge in [0.15, 0.2) is 0 Å². The minimum atomic E-state index is -1.21. The summed E-state index contributed by atoms with van der Waals surface area (Å²) in [7, 11) is 8.50. The smallest absolute Gasteiger partial charge is 0.545 e. The second-order valence-electron chi connectivity index (χ2n) is 25.6. The van der Waals surface area contributed by atoms with Crippen LogP contribution in [0.15, 0.2) is 47.3 Å². The normalized spacial score (nSPS) is 24.5. The van der Waals surface area contributed by atoms with Crippen molar-refractivity contribution in [2.24, 2.45) is 0 Å². The Morgan fingerprint density at radius 2 is 0.438 bits per heavy atom. The van der Waals surface area contributed by atoms with Gasteiger partial charge in [-0.05, 0) is 191 Å². The summed E-state index contributed by atoms with van der Waals surface area (Å²) in [6.45, 7) is 41.6. The molecule has 0 aromatic heterocycles. The molecule has 0 N–H and O–H groups in total. The van der Waals surface area contributed by atoms with Crippen LogP contribution in [0.4, 0.5) is 0 Å². The van der Waals surface area contributed by atoms with E-state index in [0.717, 1.165) is 75.7 Å². The van der Waals surface area contributed by atoms with Crippen molar-refractivity contribution in [3.8, 4) is 0 Å². The van der Waals surface area contributed by atoms with E-state index in [4.69, 9.17) is 18.9 Å². The van der Waals surface area contributed by atoms with Crippen molar-refractivity contribution in [2.45, 2.75) is 259 Å². The van der Waals surface area contributed by atoms with E-state index in [1.54, 1.807) is 27.7 Å². The molecule has 4 aliphatic heterocycles. The Balaban J connectivity index is 0.000000943. The summed E-state index contributed by atoms with van der Waals surface area (Å²) in [6, 6.07) is 0. The van der Waals surface area contributed by atoms with Gasteiger partial charge >= 0.3 is 23.9 Å². The van der Waals surface area contributed by atoms with Crippen LogP contribution in [0.25, 0.3) is 0 Å². The molecule has 0 aromatic carbocycles. The fourth-order valence-corrected chi connectivity index (χ4v) is 11.3. The molecule has 0 bridgehead atoms. The number of likely N-dealkylation sites (tertiary alicyclic amines) is 4. The number of rotatable bonds is 12. The monoisotopic (exact) mass is 1140 g/mol. The zero-order chi connectivity index (χ0) is 56.6. The van der Waals surface area contributed by atoms with Gasteiger partial charge in [0.2, 0.25) is 0 Å². The van der Waals surface area contributed by atoms with E-state index in [2.05, 4.69) is 159 Å². The average Bonchev–Trinajstić information content (AvgIpc) is 3.12. The molecular weight excluding hydrogens is 1040 g/mol. The first kappa shape index (κ1) is 69.7. The van der Waals surface area contributed by atoms with Gasteiger partial charge < -0.3 is 58.6 Å². The molecule has 0 saturated carbocycles. The van der Waals surface area contributed by atoms with E-state index >= 15 is 0 Å². The molecule has 4 heterocycles. The standard InChI is InChI=1S/4C14H25NO3.Sn/c4*1-10(7-12(16)17)18-11-8-13(2,3)15(6)14(4,5)9-11;/h4*7,11H,8-9H2,1-6H3,(H,16,17);/q;;;;+4/p-4/b4*10-7-;. The van der Waals surface area contributed by atoms with Gasteiger partial charge in [-0.2, -0.15) is 0 Å². The zero-order valence-corrected chi connectivity index (χ0v) is 52.3. The number of hydrogen-bond donors (Lipinski definition) is 0. The summed E-state index contributed by atoms with van der Waals surface area (Å²) in [5, 5.41) is 41.9. The summed E-state index contributed by atoms with van der Waals surface area (Å²) in [5.41, 5.74) is 0.287. The van der Waals surface area contributed by atoms with Crippen molar-refractivity contribution in [3.63, 3.8) is 0 Å². The van der Waals surface area contributed by atoms with Crippen molar-refractivity contribution in [1.29, 1.82) is 0 Å². The maximum Gasteiger partial charge on any atom is 4.00 e. The quantitative estimate of drug-likeness (QED) is 0.145. The first-order chi connectivity index (χ1) is 32.2. The van der Waals surface area contributed by atoms with Gasteiger partial charge in [0, 0.05) is 95.7 Å². The molecule has 73 heavy (non-hydrogen) atoms. The minimum absolute atomic E-state index is 0. The molecule has 4 fully saturated rings. The predicted octanol–water partition coefficient (Wildman–Crippen LogP) is 4.85. The zero-order valence-electron chi connectivity index (χ0n) is 49.5. The molecule has 0 aromatic rings. The molecule has 4 aliphatic rings. The van der Waals surface area contributed by atoms with Crippen LogP contribution in [0.5, 0.6) is 0 Å². The van der Waals surface area contributed by atoms with E-state index in [1.807, 2.05) is 0 Å². The number of hydrogen-bond acceptors (Lipinski definition) is 16. The molecule has 0 spiro atoms. The van der Waals surface area contributed by atoms with Crippen LogP contribution < -0.4 is 20.4 Å². The van der Waals surface area contributed by atoms with Crippen molar-refractivity contribution < 1.29 is 58.6 Å². The topological polar surface area (TPSA) is 210 Å². The first-order valence-electron chi connectivity index (χ1n) is 25.4. The van der Waals surface area contributed by atoms with Crippen LogP contribution >= 0.6 is 0 Å².